The molecule has 0 aromatic heterocycles. The summed E-state index contributed by atoms with van der Waals surface area (Å²) in [6.07, 6.45) is 2.33. The first-order valence-electron chi connectivity index (χ1n) is 7.23. The van der Waals surface area contributed by atoms with Crippen LogP contribution in [-0.2, 0) is 4.79 Å². The summed E-state index contributed by atoms with van der Waals surface area (Å²) in [6.45, 7) is 5.50. The molecule has 0 bridgehead atoms. The van der Waals surface area contributed by atoms with Crippen molar-refractivity contribution in [1.82, 2.24) is 5.32 Å². The molecule has 110 valence electrons. The summed E-state index contributed by atoms with van der Waals surface area (Å²) in [7, 11) is 0. The molecule has 1 unspecified atom stereocenters. The maximum atomic E-state index is 12.1. The molecule has 1 amide bonds. The van der Waals surface area contributed by atoms with Crippen molar-refractivity contribution in [2.75, 3.05) is 13.2 Å². The van der Waals surface area contributed by atoms with E-state index >= 15 is 0 Å². The Balaban J connectivity index is 1.84. The van der Waals surface area contributed by atoms with Gasteiger partial charge in [-0.2, -0.15) is 0 Å². The molecule has 0 saturated heterocycles. The number of amides is 1. The summed E-state index contributed by atoms with van der Waals surface area (Å²) in [4.78, 5) is 12.1. The molecule has 0 spiro atoms. The number of carbonyl (C=O) groups excluding carboxylic acids is 1. The molecule has 3 N–H and O–H groups in total. The lowest BCUT2D eigenvalue weighted by Crippen LogP contribution is -2.30. The number of hydrogen-bond acceptors (Lipinski definition) is 3. The second kappa shape index (κ2) is 6.27. The van der Waals surface area contributed by atoms with Crippen LogP contribution in [0.5, 0.6) is 5.75 Å². The van der Waals surface area contributed by atoms with Crippen molar-refractivity contribution in [2.45, 2.75) is 39.2 Å². The summed E-state index contributed by atoms with van der Waals surface area (Å²) in [5.41, 5.74) is 6.78. The van der Waals surface area contributed by atoms with Gasteiger partial charge in [0.15, 0.2) is 0 Å². The fraction of sp³-hybridized carbons (Fsp3) is 0.562. The van der Waals surface area contributed by atoms with E-state index in [1.165, 1.54) is 0 Å². The van der Waals surface area contributed by atoms with Gasteiger partial charge in [-0.15, -0.1) is 0 Å². The van der Waals surface area contributed by atoms with E-state index in [1.54, 1.807) is 0 Å². The van der Waals surface area contributed by atoms with Gasteiger partial charge in [-0.3, -0.25) is 4.79 Å². The predicted octanol–water partition coefficient (Wildman–Crippen LogP) is 2.39. The Kier molecular flexibility index (Phi) is 4.65. The number of carbonyl (C=O) groups is 1. The number of benzene rings is 1. The molecule has 2 rings (SSSR count). The second-order valence-electron chi connectivity index (χ2n) is 6.17. The van der Waals surface area contributed by atoms with Crippen molar-refractivity contribution in [2.24, 2.45) is 11.1 Å². The lowest BCUT2D eigenvalue weighted by Gasteiger charge is -2.23. The van der Waals surface area contributed by atoms with E-state index in [1.807, 2.05) is 24.3 Å². The minimum absolute atomic E-state index is 0.0173. The van der Waals surface area contributed by atoms with Gasteiger partial charge < -0.3 is 15.8 Å². The Hall–Kier alpha value is -1.55. The number of hydrogen-bond donors (Lipinski definition) is 2. The van der Waals surface area contributed by atoms with Gasteiger partial charge in [-0.1, -0.05) is 32.0 Å². The van der Waals surface area contributed by atoms with E-state index in [2.05, 4.69) is 19.2 Å². The highest BCUT2D eigenvalue weighted by Crippen LogP contribution is 2.32. The van der Waals surface area contributed by atoms with Crippen LogP contribution >= 0.6 is 0 Å². The zero-order valence-corrected chi connectivity index (χ0v) is 12.3. The Morgan fingerprint density at radius 3 is 2.90 bits per heavy atom. The molecular weight excluding hydrogens is 252 g/mol. The quantitative estimate of drug-likeness (QED) is 0.838. The van der Waals surface area contributed by atoms with E-state index in [9.17, 15) is 4.79 Å². The lowest BCUT2D eigenvalue weighted by molar-refractivity contribution is -0.122. The van der Waals surface area contributed by atoms with Crippen molar-refractivity contribution >= 4 is 5.91 Å². The normalized spacial score (nSPS) is 17.4. The third kappa shape index (κ3) is 3.73. The number of fused-ring (bicyclic) bond motifs is 1. The fourth-order valence-corrected chi connectivity index (χ4v) is 2.52. The van der Waals surface area contributed by atoms with E-state index < -0.39 is 0 Å². The average Bonchev–Trinajstić information content (AvgIpc) is 2.80. The minimum atomic E-state index is -0.0173. The first-order chi connectivity index (χ1) is 9.52. The third-order valence-electron chi connectivity index (χ3n) is 3.89. The Morgan fingerprint density at radius 2 is 2.15 bits per heavy atom. The summed E-state index contributed by atoms with van der Waals surface area (Å²) in [5, 5.41) is 3.05. The average molecular weight is 276 g/mol. The maximum Gasteiger partial charge on any atom is 0.220 e. The number of nitrogens with two attached hydrogens (primary N) is 1. The van der Waals surface area contributed by atoms with Crippen LogP contribution in [0.25, 0.3) is 0 Å². The Bertz CT molecular complexity index is 471. The van der Waals surface area contributed by atoms with Gasteiger partial charge in [0.2, 0.25) is 5.91 Å². The predicted molar refractivity (Wildman–Crippen MR) is 79.5 cm³/mol. The zero-order chi connectivity index (χ0) is 14.6. The highest BCUT2D eigenvalue weighted by molar-refractivity contribution is 5.76. The van der Waals surface area contributed by atoms with Gasteiger partial charge in [-0.05, 0) is 30.9 Å². The third-order valence-corrected chi connectivity index (χ3v) is 3.89. The van der Waals surface area contributed by atoms with Gasteiger partial charge in [0.25, 0.3) is 0 Å². The van der Waals surface area contributed by atoms with E-state index in [-0.39, 0.29) is 17.4 Å². The van der Waals surface area contributed by atoms with Crippen LogP contribution in [0.4, 0.5) is 0 Å². The molecule has 0 fully saturated rings. The molecule has 1 aromatic rings. The smallest absolute Gasteiger partial charge is 0.220 e. The molecule has 1 heterocycles. The first-order valence-corrected chi connectivity index (χ1v) is 7.23. The molecule has 0 saturated carbocycles. The van der Waals surface area contributed by atoms with Crippen LogP contribution in [0.1, 0.15) is 44.7 Å². The van der Waals surface area contributed by atoms with Crippen LogP contribution in [0, 0.1) is 5.41 Å². The topological polar surface area (TPSA) is 64.4 Å². The monoisotopic (exact) mass is 276 g/mol. The summed E-state index contributed by atoms with van der Waals surface area (Å²) in [6, 6.07) is 7.84. The van der Waals surface area contributed by atoms with Gasteiger partial charge >= 0.3 is 0 Å². The van der Waals surface area contributed by atoms with Crippen molar-refractivity contribution in [1.29, 1.82) is 0 Å². The largest absolute Gasteiger partial charge is 0.491 e. The fourth-order valence-electron chi connectivity index (χ4n) is 2.52. The summed E-state index contributed by atoms with van der Waals surface area (Å²) < 4.78 is 5.56. The van der Waals surface area contributed by atoms with E-state index in [0.717, 1.165) is 24.2 Å². The van der Waals surface area contributed by atoms with Crippen molar-refractivity contribution < 1.29 is 9.53 Å². The molecule has 20 heavy (non-hydrogen) atoms. The second-order valence-corrected chi connectivity index (χ2v) is 6.17. The van der Waals surface area contributed by atoms with Crippen LogP contribution < -0.4 is 15.8 Å². The highest BCUT2D eigenvalue weighted by Gasteiger charge is 2.25. The number of rotatable bonds is 6. The number of para-hydroxylation sites is 1. The van der Waals surface area contributed by atoms with Crippen LogP contribution in [0.3, 0.4) is 0 Å². The minimum Gasteiger partial charge on any atom is -0.491 e. The lowest BCUT2D eigenvalue weighted by atomic mass is 9.84. The molecule has 1 aliphatic rings. The molecule has 0 radical (unpaired) electrons. The van der Waals surface area contributed by atoms with Gasteiger partial charge in [0, 0.05) is 12.0 Å². The maximum absolute atomic E-state index is 12.1. The molecule has 1 aromatic carbocycles. The molecule has 0 aliphatic carbocycles. The van der Waals surface area contributed by atoms with Crippen LogP contribution in [0.2, 0.25) is 0 Å². The number of ether oxygens (including phenoxy) is 1. The Morgan fingerprint density at radius 1 is 1.40 bits per heavy atom. The zero-order valence-electron chi connectivity index (χ0n) is 12.3. The SMILES string of the molecule is CC(C)(CCN)CCC(=O)NC1COc2ccccc21. The molecule has 1 aliphatic heterocycles. The van der Waals surface area contributed by atoms with E-state index in [0.29, 0.717) is 19.6 Å². The van der Waals surface area contributed by atoms with Crippen molar-refractivity contribution in [3.63, 3.8) is 0 Å². The van der Waals surface area contributed by atoms with Crippen molar-refractivity contribution in [3.05, 3.63) is 29.8 Å². The van der Waals surface area contributed by atoms with Crippen molar-refractivity contribution in [3.8, 4) is 5.75 Å². The van der Waals surface area contributed by atoms with Crippen LogP contribution in [0.15, 0.2) is 24.3 Å². The van der Waals surface area contributed by atoms with Gasteiger partial charge in [-0.25, -0.2) is 0 Å². The molecule has 1 atom stereocenters. The van der Waals surface area contributed by atoms with Gasteiger partial charge in [0.05, 0.1) is 6.04 Å². The van der Waals surface area contributed by atoms with Crippen LogP contribution in [-0.4, -0.2) is 19.1 Å². The van der Waals surface area contributed by atoms with E-state index in [4.69, 9.17) is 10.5 Å². The van der Waals surface area contributed by atoms with Gasteiger partial charge in [0.1, 0.15) is 12.4 Å². The molecule has 4 nitrogen and oxygen atoms in total. The highest BCUT2D eigenvalue weighted by atomic mass is 16.5. The first kappa shape index (κ1) is 14.9. The molecule has 4 heteroatoms. The Labute approximate surface area is 120 Å². The standard InChI is InChI=1S/C16H24N2O2/c1-16(2,9-10-17)8-7-15(19)18-13-11-20-14-6-4-3-5-12(13)14/h3-6,13H,7-11,17H2,1-2H3,(H,18,19). The molecular formula is C16H24N2O2. The number of nitrogens with one attached hydrogen (secondary N) is 1. The summed E-state index contributed by atoms with van der Waals surface area (Å²) >= 11 is 0. The summed E-state index contributed by atoms with van der Waals surface area (Å²) in [5.74, 6) is 0.960.